The fourth-order valence-electron chi connectivity index (χ4n) is 3.62. The van der Waals surface area contributed by atoms with Crippen molar-refractivity contribution in [2.45, 2.75) is 47.2 Å². The summed E-state index contributed by atoms with van der Waals surface area (Å²) < 4.78 is 53.9. The highest BCUT2D eigenvalue weighted by molar-refractivity contribution is 7.92. The van der Waals surface area contributed by atoms with E-state index in [1.807, 2.05) is 0 Å². The molecule has 1 aromatic carbocycles. The van der Waals surface area contributed by atoms with Crippen LogP contribution in [0.25, 0.3) is 0 Å². The van der Waals surface area contributed by atoms with Crippen LogP contribution < -0.4 is 5.32 Å². The Morgan fingerprint density at radius 1 is 1.28 bits per heavy atom. The van der Waals surface area contributed by atoms with Gasteiger partial charge in [0.15, 0.2) is 6.10 Å². The average Bonchev–Trinajstić information content (AvgIpc) is 2.89. The highest BCUT2D eigenvalue weighted by Gasteiger charge is 2.59. The van der Waals surface area contributed by atoms with Crippen molar-refractivity contribution >= 4 is 15.9 Å². The monoisotopic (exact) mass is 376 g/mol. The third kappa shape index (κ3) is 2.77. The summed E-state index contributed by atoms with van der Waals surface area (Å²) in [5.41, 5.74) is 0. The van der Waals surface area contributed by atoms with Gasteiger partial charge in [0, 0.05) is 12.6 Å². The maximum atomic E-state index is 14.7. The minimum absolute atomic E-state index is 0.0893. The van der Waals surface area contributed by atoms with Crippen LogP contribution in [-0.2, 0) is 9.84 Å². The van der Waals surface area contributed by atoms with Crippen LogP contribution >= 0.6 is 0 Å². The molecule has 2 fully saturated rings. The number of carbonyl (C=O) groups is 1. The normalized spacial score (nSPS) is 28.0. The summed E-state index contributed by atoms with van der Waals surface area (Å²) in [7, 11) is -5.13. The molecule has 138 valence electrons. The number of fused-ring (bicyclic) bond motifs is 2. The van der Waals surface area contributed by atoms with Gasteiger partial charge in [0.25, 0.3) is 0 Å². The van der Waals surface area contributed by atoms with Crippen LogP contribution in [0.2, 0.25) is 0 Å². The van der Waals surface area contributed by atoms with Crippen molar-refractivity contribution in [3.63, 3.8) is 0 Å². The van der Waals surface area contributed by atoms with Crippen LogP contribution in [-0.4, -0.2) is 65.7 Å². The van der Waals surface area contributed by atoms with Crippen LogP contribution in [0.4, 0.5) is 13.6 Å². The maximum Gasteiger partial charge on any atom is 0.407 e. The molecule has 0 radical (unpaired) electrons. The Hall–Kier alpha value is -1.78. The molecule has 1 amide bonds. The van der Waals surface area contributed by atoms with Crippen LogP contribution in [0.3, 0.4) is 0 Å². The van der Waals surface area contributed by atoms with E-state index in [2.05, 4.69) is 5.32 Å². The predicted molar refractivity (Wildman–Crippen MR) is 83.0 cm³/mol. The topological polar surface area (TPSA) is 107 Å². The first-order chi connectivity index (χ1) is 11.7. The van der Waals surface area contributed by atoms with Gasteiger partial charge in [-0.15, -0.1) is 0 Å². The molecule has 4 atom stereocenters. The number of aliphatic hydroxyl groups is 1. The largest absolute Gasteiger partial charge is 0.465 e. The lowest BCUT2D eigenvalue weighted by Crippen LogP contribution is -2.66. The van der Waals surface area contributed by atoms with E-state index in [0.29, 0.717) is 6.42 Å². The van der Waals surface area contributed by atoms with Gasteiger partial charge in [0.1, 0.15) is 0 Å². The number of nitrogens with one attached hydrogen (secondary N) is 1. The third-order valence-electron chi connectivity index (χ3n) is 4.87. The Labute approximate surface area is 143 Å². The highest BCUT2D eigenvalue weighted by Crippen LogP contribution is 2.38. The second-order valence-electron chi connectivity index (χ2n) is 6.25. The van der Waals surface area contributed by atoms with Crippen molar-refractivity contribution in [2.75, 3.05) is 6.54 Å². The number of hydrogen-bond donors (Lipinski definition) is 3. The molecule has 0 aliphatic carbocycles. The van der Waals surface area contributed by atoms with Crippen molar-refractivity contribution in [1.29, 1.82) is 0 Å². The number of nitrogens with zero attached hydrogens (tertiary/aromatic N) is 1. The Kier molecular flexibility index (Phi) is 4.46. The lowest BCUT2D eigenvalue weighted by atomic mass is 9.99. The molecule has 7 nitrogen and oxygen atoms in total. The predicted octanol–water partition coefficient (Wildman–Crippen LogP) is 0.897. The van der Waals surface area contributed by atoms with E-state index < -0.39 is 44.3 Å². The molecule has 0 aromatic heterocycles. The molecule has 3 rings (SSSR count). The molecule has 0 spiro atoms. The molecule has 2 aliphatic rings. The molecular weight excluding hydrogens is 358 g/mol. The molecule has 2 aliphatic heterocycles. The summed E-state index contributed by atoms with van der Waals surface area (Å²) >= 11 is 0. The number of rotatable bonds is 4. The van der Waals surface area contributed by atoms with Gasteiger partial charge >= 0.3 is 11.3 Å². The van der Waals surface area contributed by atoms with Gasteiger partial charge in [-0.1, -0.05) is 18.2 Å². The molecule has 3 N–H and O–H groups in total. The fourth-order valence-corrected chi connectivity index (χ4v) is 4.91. The molecule has 0 saturated carbocycles. The molecular formula is C15H18F2N2O5S. The zero-order chi connectivity index (χ0) is 18.4. The lowest BCUT2D eigenvalue weighted by molar-refractivity contribution is -0.0781. The van der Waals surface area contributed by atoms with E-state index >= 15 is 0 Å². The van der Waals surface area contributed by atoms with Gasteiger partial charge in [0.05, 0.1) is 17.0 Å². The van der Waals surface area contributed by atoms with Gasteiger partial charge in [-0.3, -0.25) is 4.90 Å². The van der Waals surface area contributed by atoms with Gasteiger partial charge in [-0.25, -0.2) is 13.2 Å². The number of amides is 1. The number of alkyl halides is 2. The summed E-state index contributed by atoms with van der Waals surface area (Å²) in [4.78, 5) is 11.8. The quantitative estimate of drug-likeness (QED) is 0.721. The van der Waals surface area contributed by atoms with Crippen molar-refractivity contribution in [1.82, 2.24) is 10.2 Å². The second kappa shape index (κ2) is 6.19. The van der Waals surface area contributed by atoms with Gasteiger partial charge in [-0.2, -0.15) is 8.78 Å². The second-order valence-corrected chi connectivity index (χ2v) is 8.27. The first-order valence-electron chi connectivity index (χ1n) is 7.78. The summed E-state index contributed by atoms with van der Waals surface area (Å²) in [5.74, 6) is 0. The fraction of sp³-hybridized carbons (Fsp3) is 0.533. The third-order valence-corrected chi connectivity index (χ3v) is 6.72. The maximum absolute atomic E-state index is 14.7. The van der Waals surface area contributed by atoms with E-state index in [0.717, 1.165) is 17.0 Å². The number of halogens is 2. The van der Waals surface area contributed by atoms with Gasteiger partial charge in [-0.05, 0) is 25.0 Å². The SMILES string of the molecule is O=C(O)N1[C@@H]2CC[C@H]1[C@@H](C(O)C(F)(F)S(=O)(=O)c1ccccc1)NC2. The van der Waals surface area contributed by atoms with Crippen LogP contribution in [0.5, 0.6) is 0 Å². The lowest BCUT2D eigenvalue weighted by Gasteiger charge is -2.42. The smallest absolute Gasteiger partial charge is 0.407 e. The molecule has 1 unspecified atom stereocenters. The summed E-state index contributed by atoms with van der Waals surface area (Å²) in [6.45, 7) is 0.0893. The van der Waals surface area contributed by atoms with Crippen molar-refractivity contribution in [3.8, 4) is 0 Å². The van der Waals surface area contributed by atoms with Crippen molar-refractivity contribution < 1.29 is 32.2 Å². The zero-order valence-corrected chi connectivity index (χ0v) is 13.9. The highest BCUT2D eigenvalue weighted by atomic mass is 32.2. The standard InChI is InChI=1S/C15H18F2N2O5S/c16-15(17,25(23,24)10-4-2-1-3-5-10)13(20)12-11-7-6-9(8-18-12)19(11)14(21)22/h1-5,9,11-13,18,20H,6-8H2,(H,21,22)/t9-,11+,12+,13?/m1/s1. The molecule has 10 heteroatoms. The summed E-state index contributed by atoms with van der Waals surface area (Å²) in [5, 5.41) is 17.7. The number of benzene rings is 1. The zero-order valence-electron chi connectivity index (χ0n) is 13.0. The Morgan fingerprint density at radius 2 is 1.92 bits per heavy atom. The van der Waals surface area contributed by atoms with E-state index in [1.54, 1.807) is 0 Å². The van der Waals surface area contributed by atoms with Crippen LogP contribution in [0, 0.1) is 0 Å². The number of hydrogen-bond acceptors (Lipinski definition) is 5. The average molecular weight is 376 g/mol. The number of sulfone groups is 1. The minimum Gasteiger partial charge on any atom is -0.465 e. The number of piperazine rings is 1. The van der Waals surface area contributed by atoms with Crippen LogP contribution in [0.15, 0.2) is 35.2 Å². The molecule has 1 aromatic rings. The Morgan fingerprint density at radius 3 is 2.52 bits per heavy atom. The van der Waals surface area contributed by atoms with Crippen LogP contribution in [0.1, 0.15) is 12.8 Å². The Balaban J connectivity index is 1.91. The number of aliphatic hydroxyl groups excluding tert-OH is 1. The summed E-state index contributed by atoms with van der Waals surface area (Å²) in [6, 6.07) is 3.53. The minimum atomic E-state index is -5.13. The first-order valence-corrected chi connectivity index (χ1v) is 9.26. The van der Waals surface area contributed by atoms with E-state index in [-0.39, 0.29) is 19.0 Å². The molecule has 25 heavy (non-hydrogen) atoms. The van der Waals surface area contributed by atoms with Crippen molar-refractivity contribution in [3.05, 3.63) is 30.3 Å². The molecule has 2 saturated heterocycles. The number of carboxylic acid groups (broad SMARTS) is 1. The van der Waals surface area contributed by atoms with E-state index in [1.165, 1.54) is 18.2 Å². The molecule has 2 bridgehead atoms. The first kappa shape index (κ1) is 18.0. The van der Waals surface area contributed by atoms with Gasteiger partial charge in [0.2, 0.25) is 9.84 Å². The van der Waals surface area contributed by atoms with E-state index in [9.17, 15) is 32.2 Å². The molecule has 2 heterocycles. The van der Waals surface area contributed by atoms with E-state index in [4.69, 9.17) is 0 Å². The summed E-state index contributed by atoms with van der Waals surface area (Å²) in [6.07, 6.45) is -3.08. The van der Waals surface area contributed by atoms with Crippen molar-refractivity contribution in [2.24, 2.45) is 0 Å². The Bertz CT molecular complexity index is 758. The van der Waals surface area contributed by atoms with Gasteiger partial charge < -0.3 is 15.5 Å².